The molecule has 8 nitrogen and oxygen atoms in total. The van der Waals surface area contributed by atoms with E-state index in [0.29, 0.717) is 29.4 Å². The maximum Gasteiger partial charge on any atom is 0.293 e. The molecule has 138 valence electrons. The third-order valence-corrected chi connectivity index (χ3v) is 4.09. The van der Waals surface area contributed by atoms with Crippen molar-refractivity contribution in [3.63, 3.8) is 0 Å². The highest BCUT2D eigenvalue weighted by Crippen LogP contribution is 2.30. The molecule has 0 saturated carbocycles. The zero-order valence-corrected chi connectivity index (χ0v) is 14.9. The summed E-state index contributed by atoms with van der Waals surface area (Å²) in [5, 5.41) is 18.5. The van der Waals surface area contributed by atoms with E-state index in [1.54, 1.807) is 43.3 Å². The van der Waals surface area contributed by atoms with Crippen molar-refractivity contribution in [2.75, 3.05) is 5.32 Å². The van der Waals surface area contributed by atoms with E-state index >= 15 is 0 Å². The minimum absolute atomic E-state index is 0.185. The number of aryl methyl sites for hydroxylation is 1. The van der Waals surface area contributed by atoms with Gasteiger partial charge in [0, 0.05) is 24.1 Å². The van der Waals surface area contributed by atoms with Crippen molar-refractivity contribution in [3.05, 3.63) is 81.5 Å². The molecule has 1 unspecified atom stereocenters. The minimum atomic E-state index is -0.516. The highest BCUT2D eigenvalue weighted by molar-refractivity contribution is 6.09. The Bertz CT molecular complexity index is 969. The first kappa shape index (κ1) is 18.2. The van der Waals surface area contributed by atoms with Crippen molar-refractivity contribution in [3.8, 4) is 0 Å². The second-order valence-corrected chi connectivity index (χ2v) is 5.96. The molecule has 0 saturated heterocycles. The number of benzene rings is 2. The summed E-state index contributed by atoms with van der Waals surface area (Å²) in [6, 6.07) is 12.7. The second kappa shape index (κ2) is 7.77. The van der Waals surface area contributed by atoms with Gasteiger partial charge in [0.1, 0.15) is 5.69 Å². The number of nitrogens with one attached hydrogen (secondary N) is 1. The first-order valence-electron chi connectivity index (χ1n) is 8.44. The number of nitro benzene ring substituents is 1. The lowest BCUT2D eigenvalue weighted by Crippen LogP contribution is -2.13. The standard InChI is InChI=1S/C19H18N4O4/c1-3-15(19-20-12(2)27-22-19)21-16-10-9-14(11-17(16)23(25)26)18(24)13-7-5-4-6-8-13/h4-11,15,21H,3H2,1-2H3. The molecule has 1 aromatic heterocycles. The SMILES string of the molecule is CCC(Nc1ccc(C(=O)c2ccccc2)cc1[N+](=O)[O-])c1noc(C)n1. The highest BCUT2D eigenvalue weighted by Gasteiger charge is 2.22. The Kier molecular flexibility index (Phi) is 5.25. The quantitative estimate of drug-likeness (QED) is 0.381. The van der Waals surface area contributed by atoms with Crippen LogP contribution in [0.5, 0.6) is 0 Å². The van der Waals surface area contributed by atoms with Crippen LogP contribution in [0.3, 0.4) is 0 Å². The number of rotatable bonds is 7. The molecule has 0 aliphatic rings. The molecule has 0 radical (unpaired) electrons. The maximum absolute atomic E-state index is 12.6. The van der Waals surface area contributed by atoms with E-state index in [-0.39, 0.29) is 23.1 Å². The van der Waals surface area contributed by atoms with Gasteiger partial charge in [-0.15, -0.1) is 0 Å². The lowest BCUT2D eigenvalue weighted by atomic mass is 10.0. The summed E-state index contributed by atoms with van der Waals surface area (Å²) < 4.78 is 4.98. The van der Waals surface area contributed by atoms with Gasteiger partial charge >= 0.3 is 0 Å². The molecule has 1 atom stereocenters. The highest BCUT2D eigenvalue weighted by atomic mass is 16.6. The first-order valence-corrected chi connectivity index (χ1v) is 8.44. The van der Waals surface area contributed by atoms with E-state index in [0.717, 1.165) is 0 Å². The number of carbonyl (C=O) groups is 1. The summed E-state index contributed by atoms with van der Waals surface area (Å²) in [5.41, 5.74) is 0.831. The fourth-order valence-corrected chi connectivity index (χ4v) is 2.70. The van der Waals surface area contributed by atoms with Crippen LogP contribution in [0.4, 0.5) is 11.4 Å². The number of nitrogens with zero attached hydrogens (tertiary/aromatic N) is 3. The maximum atomic E-state index is 12.6. The lowest BCUT2D eigenvalue weighted by molar-refractivity contribution is -0.384. The number of aromatic nitrogens is 2. The molecule has 1 heterocycles. The molecular weight excluding hydrogens is 348 g/mol. The van der Waals surface area contributed by atoms with Gasteiger partial charge in [-0.2, -0.15) is 4.98 Å². The molecule has 3 aromatic rings. The monoisotopic (exact) mass is 366 g/mol. The number of hydrogen-bond donors (Lipinski definition) is 1. The Hall–Kier alpha value is -3.55. The number of hydrogen-bond acceptors (Lipinski definition) is 7. The van der Waals surface area contributed by atoms with Gasteiger partial charge in [0.15, 0.2) is 11.6 Å². The second-order valence-electron chi connectivity index (χ2n) is 5.96. The molecular formula is C19H18N4O4. The van der Waals surface area contributed by atoms with E-state index in [4.69, 9.17) is 4.52 Å². The summed E-state index contributed by atoms with van der Waals surface area (Å²) in [7, 11) is 0. The van der Waals surface area contributed by atoms with E-state index in [1.807, 2.05) is 6.92 Å². The van der Waals surface area contributed by atoms with Crippen LogP contribution in [0.15, 0.2) is 53.1 Å². The molecule has 0 fully saturated rings. The van der Waals surface area contributed by atoms with Crippen molar-refractivity contribution in [1.29, 1.82) is 0 Å². The summed E-state index contributed by atoms with van der Waals surface area (Å²) in [5.74, 6) is 0.573. The smallest absolute Gasteiger partial charge is 0.293 e. The Morgan fingerprint density at radius 1 is 1.22 bits per heavy atom. The van der Waals surface area contributed by atoms with Crippen molar-refractivity contribution >= 4 is 17.2 Å². The molecule has 8 heteroatoms. The molecule has 3 rings (SSSR count). The fourth-order valence-electron chi connectivity index (χ4n) is 2.70. The third-order valence-electron chi connectivity index (χ3n) is 4.09. The Labute approximate surface area is 155 Å². The van der Waals surface area contributed by atoms with E-state index in [1.165, 1.54) is 12.1 Å². The zero-order valence-electron chi connectivity index (χ0n) is 14.9. The van der Waals surface area contributed by atoms with Gasteiger partial charge in [-0.25, -0.2) is 0 Å². The topological polar surface area (TPSA) is 111 Å². The van der Waals surface area contributed by atoms with Gasteiger partial charge in [0.05, 0.1) is 11.0 Å². The van der Waals surface area contributed by atoms with Crippen LogP contribution in [0.25, 0.3) is 0 Å². The van der Waals surface area contributed by atoms with Gasteiger partial charge in [-0.1, -0.05) is 42.4 Å². The van der Waals surface area contributed by atoms with Gasteiger partial charge in [-0.3, -0.25) is 14.9 Å². The van der Waals surface area contributed by atoms with Gasteiger partial charge in [0.25, 0.3) is 5.69 Å². The fraction of sp³-hybridized carbons (Fsp3) is 0.211. The van der Waals surface area contributed by atoms with Crippen LogP contribution in [0.2, 0.25) is 0 Å². The van der Waals surface area contributed by atoms with Gasteiger partial charge in [0.2, 0.25) is 5.89 Å². The molecule has 0 aliphatic heterocycles. The van der Waals surface area contributed by atoms with Crippen LogP contribution < -0.4 is 5.32 Å². The molecule has 27 heavy (non-hydrogen) atoms. The molecule has 0 bridgehead atoms. The predicted octanol–water partition coefficient (Wildman–Crippen LogP) is 4.08. The average Bonchev–Trinajstić information content (AvgIpc) is 3.12. The number of ketones is 1. The van der Waals surface area contributed by atoms with Crippen LogP contribution in [-0.2, 0) is 0 Å². The Morgan fingerprint density at radius 3 is 2.56 bits per heavy atom. The predicted molar refractivity (Wildman–Crippen MR) is 98.7 cm³/mol. The summed E-state index contributed by atoms with van der Waals surface area (Å²) >= 11 is 0. The summed E-state index contributed by atoms with van der Waals surface area (Å²) in [6.07, 6.45) is 0.598. The van der Waals surface area contributed by atoms with E-state index < -0.39 is 4.92 Å². The number of anilines is 1. The lowest BCUT2D eigenvalue weighted by Gasteiger charge is -2.15. The number of nitro groups is 1. The molecule has 0 spiro atoms. The largest absolute Gasteiger partial charge is 0.369 e. The van der Waals surface area contributed by atoms with Crippen molar-refractivity contribution in [1.82, 2.24) is 10.1 Å². The summed E-state index contributed by atoms with van der Waals surface area (Å²) in [4.78, 5) is 27.8. The average molecular weight is 366 g/mol. The van der Waals surface area contributed by atoms with Crippen molar-refractivity contribution in [2.45, 2.75) is 26.3 Å². The van der Waals surface area contributed by atoms with E-state index in [2.05, 4.69) is 15.5 Å². The Balaban J connectivity index is 1.92. The minimum Gasteiger partial charge on any atom is -0.369 e. The van der Waals surface area contributed by atoms with Crippen LogP contribution in [-0.4, -0.2) is 20.8 Å². The van der Waals surface area contributed by atoms with Crippen LogP contribution in [0, 0.1) is 17.0 Å². The molecule has 0 aliphatic carbocycles. The first-order chi connectivity index (χ1) is 13.0. The van der Waals surface area contributed by atoms with Gasteiger partial charge < -0.3 is 9.84 Å². The van der Waals surface area contributed by atoms with Crippen molar-refractivity contribution < 1.29 is 14.2 Å². The van der Waals surface area contributed by atoms with E-state index in [9.17, 15) is 14.9 Å². The molecule has 1 N–H and O–H groups in total. The zero-order chi connectivity index (χ0) is 19.4. The van der Waals surface area contributed by atoms with Crippen LogP contribution >= 0.6 is 0 Å². The normalized spacial score (nSPS) is 11.8. The van der Waals surface area contributed by atoms with Gasteiger partial charge in [-0.05, 0) is 18.6 Å². The molecule has 2 aromatic carbocycles. The Morgan fingerprint density at radius 2 is 1.96 bits per heavy atom. The van der Waals surface area contributed by atoms with Crippen LogP contribution in [0.1, 0.15) is 47.0 Å². The summed E-state index contributed by atoms with van der Waals surface area (Å²) in [6.45, 7) is 3.58. The third kappa shape index (κ3) is 4.00. The number of carbonyl (C=O) groups excluding carboxylic acids is 1. The van der Waals surface area contributed by atoms with Crippen molar-refractivity contribution in [2.24, 2.45) is 0 Å². The molecule has 0 amide bonds.